The Kier molecular flexibility index (Phi) is 6.74. The molecule has 4 nitrogen and oxygen atoms in total. The Balaban J connectivity index is 2.78. The van der Waals surface area contributed by atoms with E-state index in [1.54, 1.807) is 20.8 Å². The van der Waals surface area contributed by atoms with Crippen LogP contribution in [0.25, 0.3) is 0 Å². The Labute approximate surface area is 136 Å². The number of likely N-dealkylation sites (N-methyl/N-ethyl adjacent to an activating group) is 1. The molecule has 0 radical (unpaired) electrons. The number of alkyl carbamates (subject to hydrolysis) is 1. The maximum atomic E-state index is 13.0. The molecule has 1 rings (SSSR count). The standard InChI is InChI=1S/C16H29F3N2O2/c1-6-9-21(5)13-10-11(16(17,18)19)7-8-12(13)20-14(22)23-15(2,3)4/h11-13H,6-10H2,1-5H3,(H,20,22)/t11-,12-,13-/m0/s1. The summed E-state index contributed by atoms with van der Waals surface area (Å²) in [7, 11) is 1.82. The van der Waals surface area contributed by atoms with Crippen LogP contribution in [-0.2, 0) is 4.74 Å². The van der Waals surface area contributed by atoms with E-state index < -0.39 is 23.8 Å². The van der Waals surface area contributed by atoms with E-state index in [2.05, 4.69) is 5.32 Å². The lowest BCUT2D eigenvalue weighted by Crippen LogP contribution is -2.55. The minimum absolute atomic E-state index is 0.0143. The van der Waals surface area contributed by atoms with E-state index in [0.29, 0.717) is 13.0 Å². The molecule has 0 heterocycles. The van der Waals surface area contributed by atoms with Gasteiger partial charge in [0, 0.05) is 12.1 Å². The SMILES string of the molecule is CCCN(C)[C@H]1C[C@@H](C(F)(F)F)CC[C@@H]1NC(=O)OC(C)(C)C. The molecule has 0 aromatic rings. The van der Waals surface area contributed by atoms with Crippen molar-refractivity contribution >= 4 is 6.09 Å². The van der Waals surface area contributed by atoms with E-state index >= 15 is 0 Å². The van der Waals surface area contributed by atoms with Crippen molar-refractivity contribution < 1.29 is 22.7 Å². The highest BCUT2D eigenvalue weighted by Crippen LogP contribution is 2.39. The van der Waals surface area contributed by atoms with Gasteiger partial charge in [-0.2, -0.15) is 13.2 Å². The molecule has 1 amide bonds. The van der Waals surface area contributed by atoms with Crippen molar-refractivity contribution in [2.75, 3.05) is 13.6 Å². The summed E-state index contributed by atoms with van der Waals surface area (Å²) in [6, 6.07) is -0.650. The van der Waals surface area contributed by atoms with Crippen LogP contribution in [0, 0.1) is 5.92 Å². The van der Waals surface area contributed by atoms with Gasteiger partial charge in [0.15, 0.2) is 0 Å². The van der Waals surface area contributed by atoms with Gasteiger partial charge < -0.3 is 15.0 Å². The molecule has 7 heteroatoms. The van der Waals surface area contributed by atoms with Crippen LogP contribution in [0.15, 0.2) is 0 Å². The summed E-state index contributed by atoms with van der Waals surface area (Å²) in [5.74, 6) is -1.30. The van der Waals surface area contributed by atoms with Crippen molar-refractivity contribution in [1.82, 2.24) is 10.2 Å². The highest BCUT2D eigenvalue weighted by atomic mass is 19.4. The maximum Gasteiger partial charge on any atom is 0.407 e. The first kappa shape index (κ1) is 20.1. The van der Waals surface area contributed by atoms with Gasteiger partial charge in [-0.1, -0.05) is 6.92 Å². The molecule has 3 atom stereocenters. The Bertz CT molecular complexity index is 394. The van der Waals surface area contributed by atoms with Gasteiger partial charge in [-0.3, -0.25) is 0 Å². The Morgan fingerprint density at radius 1 is 1.26 bits per heavy atom. The van der Waals surface area contributed by atoms with Crippen LogP contribution >= 0.6 is 0 Å². The molecule has 23 heavy (non-hydrogen) atoms. The van der Waals surface area contributed by atoms with Crippen molar-refractivity contribution in [3.63, 3.8) is 0 Å². The maximum absolute atomic E-state index is 13.0. The smallest absolute Gasteiger partial charge is 0.407 e. The number of carbonyl (C=O) groups is 1. The van der Waals surface area contributed by atoms with Crippen LogP contribution in [0.1, 0.15) is 53.4 Å². The number of amides is 1. The van der Waals surface area contributed by atoms with Gasteiger partial charge >= 0.3 is 12.3 Å². The third-order valence-corrected chi connectivity index (χ3v) is 4.12. The Morgan fingerprint density at radius 2 is 1.87 bits per heavy atom. The zero-order valence-corrected chi connectivity index (χ0v) is 14.7. The highest BCUT2D eigenvalue weighted by Gasteiger charge is 2.46. The molecular weight excluding hydrogens is 309 g/mol. The summed E-state index contributed by atoms with van der Waals surface area (Å²) in [5.41, 5.74) is -0.627. The van der Waals surface area contributed by atoms with Crippen molar-refractivity contribution in [3.05, 3.63) is 0 Å². The molecule has 1 aliphatic carbocycles. The van der Waals surface area contributed by atoms with Gasteiger partial charge in [-0.15, -0.1) is 0 Å². The predicted octanol–water partition coefficient (Wildman–Crippen LogP) is 3.95. The lowest BCUT2D eigenvalue weighted by molar-refractivity contribution is -0.187. The van der Waals surface area contributed by atoms with E-state index in [1.165, 1.54) is 0 Å². The van der Waals surface area contributed by atoms with Crippen LogP contribution in [0.2, 0.25) is 0 Å². The van der Waals surface area contributed by atoms with Crippen LogP contribution in [-0.4, -0.2) is 48.4 Å². The number of alkyl halides is 3. The first-order chi connectivity index (χ1) is 10.4. The van der Waals surface area contributed by atoms with E-state index in [1.807, 2.05) is 18.9 Å². The molecule has 1 fully saturated rings. The zero-order chi connectivity index (χ0) is 17.8. The lowest BCUT2D eigenvalue weighted by atomic mass is 9.81. The van der Waals surface area contributed by atoms with E-state index in [-0.39, 0.29) is 24.9 Å². The minimum Gasteiger partial charge on any atom is -0.444 e. The molecule has 1 saturated carbocycles. The lowest BCUT2D eigenvalue weighted by Gasteiger charge is -2.42. The monoisotopic (exact) mass is 338 g/mol. The van der Waals surface area contributed by atoms with Crippen LogP contribution in [0.5, 0.6) is 0 Å². The third kappa shape index (κ3) is 6.57. The highest BCUT2D eigenvalue weighted by molar-refractivity contribution is 5.68. The first-order valence-electron chi connectivity index (χ1n) is 8.20. The molecule has 0 aliphatic heterocycles. The summed E-state index contributed by atoms with van der Waals surface area (Å²) in [6.45, 7) is 7.95. The number of halogens is 3. The van der Waals surface area contributed by atoms with Crippen molar-refractivity contribution in [3.8, 4) is 0 Å². The first-order valence-corrected chi connectivity index (χ1v) is 8.20. The molecule has 0 aromatic heterocycles. The van der Waals surface area contributed by atoms with Gasteiger partial charge in [0.2, 0.25) is 0 Å². The fraction of sp³-hybridized carbons (Fsp3) is 0.938. The van der Waals surface area contributed by atoms with Crippen LogP contribution < -0.4 is 5.32 Å². The molecule has 0 bridgehead atoms. The van der Waals surface area contributed by atoms with Crippen LogP contribution in [0.4, 0.5) is 18.0 Å². The van der Waals surface area contributed by atoms with Gasteiger partial charge in [0.25, 0.3) is 0 Å². The number of nitrogens with zero attached hydrogens (tertiary/aromatic N) is 1. The van der Waals surface area contributed by atoms with Gasteiger partial charge in [-0.25, -0.2) is 4.79 Å². The van der Waals surface area contributed by atoms with E-state index in [9.17, 15) is 18.0 Å². The molecule has 0 aromatic carbocycles. The summed E-state index contributed by atoms with van der Waals surface area (Å²) in [5, 5.41) is 2.77. The second-order valence-electron chi connectivity index (χ2n) is 7.35. The summed E-state index contributed by atoms with van der Waals surface area (Å²) in [4.78, 5) is 13.9. The molecule has 0 unspecified atom stereocenters. The molecule has 1 N–H and O–H groups in total. The minimum atomic E-state index is -4.18. The summed E-state index contributed by atoms with van der Waals surface area (Å²) in [6.07, 6.45) is -3.53. The van der Waals surface area contributed by atoms with Crippen molar-refractivity contribution in [1.29, 1.82) is 0 Å². The topological polar surface area (TPSA) is 41.6 Å². The molecule has 1 aliphatic rings. The van der Waals surface area contributed by atoms with Crippen molar-refractivity contribution in [2.45, 2.75) is 77.2 Å². The molecule has 0 saturated heterocycles. The number of hydrogen-bond acceptors (Lipinski definition) is 3. The molecular formula is C16H29F3N2O2. The van der Waals surface area contributed by atoms with Gasteiger partial charge in [-0.05, 0) is 60.0 Å². The Morgan fingerprint density at radius 3 is 2.35 bits per heavy atom. The Hall–Kier alpha value is -0.980. The number of ether oxygens (including phenoxy) is 1. The van der Waals surface area contributed by atoms with Gasteiger partial charge in [0.1, 0.15) is 5.60 Å². The van der Waals surface area contributed by atoms with E-state index in [0.717, 1.165) is 6.42 Å². The van der Waals surface area contributed by atoms with Crippen molar-refractivity contribution in [2.24, 2.45) is 5.92 Å². The van der Waals surface area contributed by atoms with Gasteiger partial charge in [0.05, 0.1) is 5.92 Å². The van der Waals surface area contributed by atoms with E-state index in [4.69, 9.17) is 4.74 Å². The number of carbonyl (C=O) groups excluding carboxylic acids is 1. The fourth-order valence-electron chi connectivity index (χ4n) is 3.08. The second-order valence-corrected chi connectivity index (χ2v) is 7.35. The number of nitrogens with one attached hydrogen (secondary N) is 1. The quantitative estimate of drug-likeness (QED) is 0.844. The normalized spacial score (nSPS) is 26.2. The van der Waals surface area contributed by atoms with Crippen LogP contribution in [0.3, 0.4) is 0 Å². The third-order valence-electron chi connectivity index (χ3n) is 4.12. The predicted molar refractivity (Wildman–Crippen MR) is 83.3 cm³/mol. The molecule has 0 spiro atoms. The average molecular weight is 338 g/mol. The fourth-order valence-corrected chi connectivity index (χ4v) is 3.08. The second kappa shape index (κ2) is 7.73. The zero-order valence-electron chi connectivity index (χ0n) is 14.7. The molecule has 136 valence electrons. The average Bonchev–Trinajstić information content (AvgIpc) is 2.35. The summed E-state index contributed by atoms with van der Waals surface area (Å²) >= 11 is 0. The summed E-state index contributed by atoms with van der Waals surface area (Å²) < 4.78 is 44.4. The number of rotatable bonds is 4. The number of hydrogen-bond donors (Lipinski definition) is 1. The largest absolute Gasteiger partial charge is 0.444 e.